The molecule has 0 fully saturated rings. The van der Waals surface area contributed by atoms with Gasteiger partial charge in [-0.2, -0.15) is 0 Å². The number of nitrogens with one attached hydrogen (secondary N) is 1. The van der Waals surface area contributed by atoms with Gasteiger partial charge in [0.15, 0.2) is 0 Å². The van der Waals surface area contributed by atoms with E-state index in [0.717, 1.165) is 12.1 Å². The number of amides is 1. The number of carbonyl (C=O) groups is 1. The molecule has 140 valence electrons. The van der Waals surface area contributed by atoms with Crippen molar-refractivity contribution in [1.82, 2.24) is 9.88 Å². The Bertz CT molecular complexity index is 713. The standard InChI is InChI=1S/C20H26ClN3O2/c1-20(2,13-15-5-7-16(21)8-6-15)19(25)23-17-9-10-18(22-14-17)26-12-11-24(3)4/h5-10,14H,11-13H2,1-4H3,(H,23,25). The van der Waals surface area contributed by atoms with E-state index >= 15 is 0 Å². The van der Waals surface area contributed by atoms with Gasteiger partial charge in [-0.3, -0.25) is 4.79 Å². The van der Waals surface area contributed by atoms with Crippen LogP contribution in [-0.4, -0.2) is 43.0 Å². The summed E-state index contributed by atoms with van der Waals surface area (Å²) in [5, 5.41) is 3.61. The highest BCUT2D eigenvalue weighted by Crippen LogP contribution is 2.25. The first-order valence-electron chi connectivity index (χ1n) is 8.56. The van der Waals surface area contributed by atoms with Crippen molar-refractivity contribution < 1.29 is 9.53 Å². The molecule has 0 aliphatic rings. The van der Waals surface area contributed by atoms with Crippen molar-refractivity contribution in [3.05, 3.63) is 53.2 Å². The Labute approximate surface area is 160 Å². The third kappa shape index (κ3) is 6.32. The van der Waals surface area contributed by atoms with Gasteiger partial charge < -0.3 is 15.0 Å². The van der Waals surface area contributed by atoms with Gasteiger partial charge in [-0.25, -0.2) is 4.98 Å². The summed E-state index contributed by atoms with van der Waals surface area (Å²) in [7, 11) is 3.97. The molecule has 2 rings (SSSR count). The summed E-state index contributed by atoms with van der Waals surface area (Å²) in [6.45, 7) is 5.23. The first-order chi connectivity index (χ1) is 12.3. The van der Waals surface area contributed by atoms with Gasteiger partial charge in [0.25, 0.3) is 0 Å². The molecule has 0 atom stereocenters. The maximum absolute atomic E-state index is 12.6. The lowest BCUT2D eigenvalue weighted by Gasteiger charge is -2.23. The maximum Gasteiger partial charge on any atom is 0.230 e. The Morgan fingerprint density at radius 2 is 1.88 bits per heavy atom. The van der Waals surface area contributed by atoms with E-state index in [1.807, 2.05) is 57.1 Å². The molecule has 0 aliphatic carbocycles. The molecule has 0 unspecified atom stereocenters. The first-order valence-corrected chi connectivity index (χ1v) is 8.93. The molecule has 0 saturated heterocycles. The van der Waals surface area contributed by atoms with Crippen LogP contribution in [-0.2, 0) is 11.2 Å². The molecule has 1 N–H and O–H groups in total. The Morgan fingerprint density at radius 1 is 1.19 bits per heavy atom. The summed E-state index contributed by atoms with van der Waals surface area (Å²) in [6.07, 6.45) is 2.23. The fraction of sp³-hybridized carbons (Fsp3) is 0.400. The van der Waals surface area contributed by atoms with Crippen molar-refractivity contribution in [1.29, 1.82) is 0 Å². The first kappa shape index (κ1) is 20.2. The molecule has 5 nitrogen and oxygen atoms in total. The number of halogens is 1. The highest BCUT2D eigenvalue weighted by molar-refractivity contribution is 6.30. The van der Waals surface area contributed by atoms with Gasteiger partial charge in [0, 0.05) is 23.0 Å². The number of benzene rings is 1. The van der Waals surface area contributed by atoms with Gasteiger partial charge in [-0.1, -0.05) is 37.6 Å². The number of hydrogen-bond donors (Lipinski definition) is 1. The molecule has 0 spiro atoms. The van der Waals surface area contributed by atoms with E-state index in [0.29, 0.717) is 29.6 Å². The number of likely N-dealkylation sites (N-methyl/N-ethyl adjacent to an activating group) is 1. The van der Waals surface area contributed by atoms with Gasteiger partial charge in [0.2, 0.25) is 11.8 Å². The van der Waals surface area contributed by atoms with Crippen molar-refractivity contribution in [3.8, 4) is 5.88 Å². The fourth-order valence-electron chi connectivity index (χ4n) is 2.37. The summed E-state index contributed by atoms with van der Waals surface area (Å²) in [6, 6.07) is 11.1. The lowest BCUT2D eigenvalue weighted by molar-refractivity contribution is -0.123. The second kappa shape index (κ2) is 9.01. The average molecular weight is 376 g/mol. The topological polar surface area (TPSA) is 54.5 Å². The van der Waals surface area contributed by atoms with E-state index < -0.39 is 5.41 Å². The molecular formula is C20H26ClN3O2. The SMILES string of the molecule is CN(C)CCOc1ccc(NC(=O)C(C)(C)Cc2ccc(Cl)cc2)cn1. The number of ether oxygens (including phenoxy) is 1. The molecule has 1 amide bonds. The summed E-state index contributed by atoms with van der Waals surface area (Å²) < 4.78 is 5.56. The summed E-state index contributed by atoms with van der Waals surface area (Å²) in [5.41, 5.74) is 1.16. The molecule has 0 saturated carbocycles. The smallest absolute Gasteiger partial charge is 0.230 e. The molecule has 26 heavy (non-hydrogen) atoms. The van der Waals surface area contributed by atoms with Gasteiger partial charge in [0.05, 0.1) is 11.9 Å². The van der Waals surface area contributed by atoms with E-state index in [9.17, 15) is 4.79 Å². The van der Waals surface area contributed by atoms with Crippen LogP contribution in [0.15, 0.2) is 42.6 Å². The van der Waals surface area contributed by atoms with Gasteiger partial charge >= 0.3 is 0 Å². The lowest BCUT2D eigenvalue weighted by Crippen LogP contribution is -2.32. The van der Waals surface area contributed by atoms with Gasteiger partial charge in [-0.15, -0.1) is 0 Å². The van der Waals surface area contributed by atoms with Crippen LogP contribution in [0.5, 0.6) is 5.88 Å². The third-order valence-electron chi connectivity index (χ3n) is 3.96. The van der Waals surface area contributed by atoms with E-state index in [1.54, 1.807) is 18.3 Å². The summed E-state index contributed by atoms with van der Waals surface area (Å²) >= 11 is 5.91. The summed E-state index contributed by atoms with van der Waals surface area (Å²) in [4.78, 5) is 18.9. The van der Waals surface area contributed by atoms with E-state index in [-0.39, 0.29) is 5.91 Å². The van der Waals surface area contributed by atoms with Crippen molar-refractivity contribution in [2.24, 2.45) is 5.41 Å². The van der Waals surface area contributed by atoms with Gasteiger partial charge in [0.1, 0.15) is 6.61 Å². The number of aromatic nitrogens is 1. The molecular weight excluding hydrogens is 350 g/mol. The van der Waals surface area contributed by atoms with Crippen molar-refractivity contribution in [3.63, 3.8) is 0 Å². The number of anilines is 1. The van der Waals surface area contributed by atoms with Gasteiger partial charge in [-0.05, 0) is 44.3 Å². The number of hydrogen-bond acceptors (Lipinski definition) is 4. The number of rotatable bonds is 8. The van der Waals surface area contributed by atoms with Crippen LogP contribution in [0.1, 0.15) is 19.4 Å². The highest BCUT2D eigenvalue weighted by atomic mass is 35.5. The normalized spacial score (nSPS) is 11.5. The van der Waals surface area contributed by atoms with Crippen LogP contribution in [0.25, 0.3) is 0 Å². The quantitative estimate of drug-likeness (QED) is 0.760. The Hall–Kier alpha value is -2.11. The second-order valence-electron chi connectivity index (χ2n) is 7.18. The predicted molar refractivity (Wildman–Crippen MR) is 106 cm³/mol. The molecule has 0 aliphatic heterocycles. The lowest BCUT2D eigenvalue weighted by atomic mass is 9.85. The van der Waals surface area contributed by atoms with Crippen molar-refractivity contribution >= 4 is 23.2 Å². The minimum Gasteiger partial charge on any atom is -0.476 e. The second-order valence-corrected chi connectivity index (χ2v) is 7.61. The average Bonchev–Trinajstić information content (AvgIpc) is 2.58. The maximum atomic E-state index is 12.6. The Balaban J connectivity index is 1.92. The van der Waals surface area contributed by atoms with Crippen LogP contribution in [0.4, 0.5) is 5.69 Å². The van der Waals surface area contributed by atoms with E-state index in [4.69, 9.17) is 16.3 Å². The molecule has 2 aromatic rings. The fourth-order valence-corrected chi connectivity index (χ4v) is 2.49. The number of pyridine rings is 1. The molecule has 1 aromatic heterocycles. The zero-order chi connectivity index (χ0) is 19.2. The zero-order valence-corrected chi connectivity index (χ0v) is 16.5. The predicted octanol–water partition coefficient (Wildman–Crippen LogP) is 3.88. The van der Waals surface area contributed by atoms with E-state index in [1.165, 1.54) is 0 Å². The molecule has 1 aromatic carbocycles. The largest absolute Gasteiger partial charge is 0.476 e. The van der Waals surface area contributed by atoms with E-state index in [2.05, 4.69) is 10.3 Å². The number of nitrogens with zero attached hydrogens (tertiary/aromatic N) is 2. The minimum atomic E-state index is -0.561. The van der Waals surface area contributed by atoms with Crippen LogP contribution < -0.4 is 10.1 Å². The Morgan fingerprint density at radius 3 is 2.46 bits per heavy atom. The van der Waals surface area contributed by atoms with Crippen molar-refractivity contribution in [2.45, 2.75) is 20.3 Å². The zero-order valence-electron chi connectivity index (χ0n) is 15.8. The highest BCUT2D eigenvalue weighted by Gasteiger charge is 2.28. The van der Waals surface area contributed by atoms with Crippen LogP contribution in [0.2, 0.25) is 5.02 Å². The van der Waals surface area contributed by atoms with Crippen molar-refractivity contribution in [2.75, 3.05) is 32.6 Å². The molecule has 1 heterocycles. The monoisotopic (exact) mass is 375 g/mol. The third-order valence-corrected chi connectivity index (χ3v) is 4.21. The van der Waals surface area contributed by atoms with Crippen LogP contribution >= 0.6 is 11.6 Å². The Kier molecular flexibility index (Phi) is 7.00. The minimum absolute atomic E-state index is 0.0597. The number of carbonyl (C=O) groups excluding carboxylic acids is 1. The van der Waals surface area contributed by atoms with Crippen LogP contribution in [0, 0.1) is 5.41 Å². The van der Waals surface area contributed by atoms with Crippen LogP contribution in [0.3, 0.4) is 0 Å². The summed E-state index contributed by atoms with van der Waals surface area (Å²) in [5.74, 6) is 0.487. The molecule has 0 bridgehead atoms. The molecule has 0 radical (unpaired) electrons. The molecule has 6 heteroatoms.